The van der Waals surface area contributed by atoms with E-state index in [1.807, 2.05) is 18.2 Å². The van der Waals surface area contributed by atoms with Gasteiger partial charge in [-0.2, -0.15) is 0 Å². The monoisotopic (exact) mass is 267 g/mol. The lowest BCUT2D eigenvalue weighted by Crippen LogP contribution is -1.92. The molecule has 0 aliphatic carbocycles. The minimum Gasteiger partial charge on any atom is -0.289 e. The number of halogens is 1. The molecule has 0 aliphatic rings. The maximum atomic E-state index is 11.9. The Bertz CT molecular complexity index is 669. The van der Waals surface area contributed by atoms with Crippen LogP contribution in [0.15, 0.2) is 54.6 Å². The minimum atomic E-state index is -0.100. The Kier molecular flexibility index (Phi) is 4.12. The summed E-state index contributed by atoms with van der Waals surface area (Å²) in [6, 6.07) is 13.9. The highest BCUT2D eigenvalue weighted by Gasteiger charge is 2.02. The van der Waals surface area contributed by atoms with Crippen molar-refractivity contribution in [3.8, 4) is 0 Å². The van der Waals surface area contributed by atoms with E-state index in [1.54, 1.807) is 36.4 Å². The van der Waals surface area contributed by atoms with Gasteiger partial charge in [0.25, 0.3) is 0 Å². The maximum absolute atomic E-state index is 11.9. The number of rotatable bonds is 3. The second-order valence-corrected chi connectivity index (χ2v) is 4.31. The van der Waals surface area contributed by atoms with Gasteiger partial charge in [-0.25, -0.2) is 4.85 Å². The van der Waals surface area contributed by atoms with Gasteiger partial charge in [0.15, 0.2) is 11.5 Å². The molecular formula is C16H10ClNO. The van der Waals surface area contributed by atoms with E-state index in [4.69, 9.17) is 18.2 Å². The molecule has 0 saturated carbocycles. The van der Waals surface area contributed by atoms with E-state index >= 15 is 0 Å². The van der Waals surface area contributed by atoms with Crippen LogP contribution >= 0.6 is 11.6 Å². The van der Waals surface area contributed by atoms with E-state index in [1.165, 1.54) is 6.08 Å². The zero-order valence-electron chi connectivity index (χ0n) is 10.0. The van der Waals surface area contributed by atoms with Crippen LogP contribution in [0.1, 0.15) is 15.9 Å². The third-order valence-electron chi connectivity index (χ3n) is 2.58. The molecule has 0 aliphatic heterocycles. The molecule has 3 heteroatoms. The lowest BCUT2D eigenvalue weighted by molar-refractivity contribution is 0.104. The molecule has 2 aromatic carbocycles. The fourth-order valence-corrected chi connectivity index (χ4v) is 1.81. The van der Waals surface area contributed by atoms with Crippen molar-refractivity contribution in [3.05, 3.63) is 82.2 Å². The van der Waals surface area contributed by atoms with E-state index in [2.05, 4.69) is 4.85 Å². The Labute approximate surface area is 116 Å². The van der Waals surface area contributed by atoms with Crippen LogP contribution in [-0.2, 0) is 0 Å². The summed E-state index contributed by atoms with van der Waals surface area (Å²) in [5.41, 5.74) is 1.73. The summed E-state index contributed by atoms with van der Waals surface area (Å²) in [6.45, 7) is 7.07. The first-order chi connectivity index (χ1) is 9.20. The lowest BCUT2D eigenvalue weighted by atomic mass is 10.1. The SMILES string of the molecule is [C-]#[N+]c1ccc(Cl)cc1/C=C/C(=O)c1ccccc1. The highest BCUT2D eigenvalue weighted by atomic mass is 35.5. The van der Waals surface area contributed by atoms with Crippen molar-refractivity contribution in [1.82, 2.24) is 0 Å². The Hall–Kier alpha value is -2.37. The van der Waals surface area contributed by atoms with Crippen molar-refractivity contribution >= 4 is 29.1 Å². The Morgan fingerprint density at radius 1 is 1.16 bits per heavy atom. The van der Waals surface area contributed by atoms with E-state index in [9.17, 15) is 4.79 Å². The summed E-state index contributed by atoms with van der Waals surface area (Å²) in [7, 11) is 0. The highest BCUT2D eigenvalue weighted by Crippen LogP contribution is 2.24. The average molecular weight is 268 g/mol. The third kappa shape index (κ3) is 3.31. The fraction of sp³-hybridized carbons (Fsp3) is 0. The molecule has 2 aromatic rings. The number of hydrogen-bond donors (Lipinski definition) is 0. The van der Waals surface area contributed by atoms with Gasteiger partial charge in [-0.1, -0.05) is 60.1 Å². The van der Waals surface area contributed by atoms with E-state index < -0.39 is 0 Å². The lowest BCUT2D eigenvalue weighted by Gasteiger charge is -1.99. The van der Waals surface area contributed by atoms with Gasteiger partial charge in [-0.3, -0.25) is 4.79 Å². The molecule has 0 amide bonds. The van der Waals surface area contributed by atoms with Crippen LogP contribution in [0.5, 0.6) is 0 Å². The number of nitrogens with zero attached hydrogens (tertiary/aromatic N) is 1. The first kappa shape index (κ1) is 13.1. The third-order valence-corrected chi connectivity index (χ3v) is 2.82. The van der Waals surface area contributed by atoms with Gasteiger partial charge >= 0.3 is 0 Å². The molecule has 0 N–H and O–H groups in total. The fourth-order valence-electron chi connectivity index (χ4n) is 1.62. The second kappa shape index (κ2) is 5.99. The van der Waals surface area contributed by atoms with Crippen LogP contribution in [0.2, 0.25) is 5.02 Å². The van der Waals surface area contributed by atoms with Crippen LogP contribution in [-0.4, -0.2) is 5.78 Å². The van der Waals surface area contributed by atoms with Crippen molar-refractivity contribution in [3.63, 3.8) is 0 Å². The van der Waals surface area contributed by atoms with Gasteiger partial charge in [0.1, 0.15) is 0 Å². The number of hydrogen-bond acceptors (Lipinski definition) is 1. The predicted molar refractivity (Wildman–Crippen MR) is 77.5 cm³/mol. The summed E-state index contributed by atoms with van der Waals surface area (Å²) >= 11 is 5.88. The van der Waals surface area contributed by atoms with Crippen molar-refractivity contribution in [2.24, 2.45) is 0 Å². The smallest absolute Gasteiger partial charge is 0.194 e. The average Bonchev–Trinajstić information content (AvgIpc) is 2.46. The van der Waals surface area contributed by atoms with Gasteiger partial charge in [0.05, 0.1) is 6.57 Å². The van der Waals surface area contributed by atoms with Crippen LogP contribution in [0.25, 0.3) is 10.9 Å². The number of carbonyl (C=O) groups excluding carboxylic acids is 1. The molecule has 2 rings (SSSR count). The molecule has 0 atom stereocenters. The van der Waals surface area contributed by atoms with Crippen LogP contribution in [0, 0.1) is 6.57 Å². The van der Waals surface area contributed by atoms with Gasteiger partial charge < -0.3 is 0 Å². The molecule has 0 saturated heterocycles. The molecule has 0 unspecified atom stereocenters. The zero-order valence-corrected chi connectivity index (χ0v) is 10.8. The minimum absolute atomic E-state index is 0.100. The quantitative estimate of drug-likeness (QED) is 0.445. The molecule has 0 heterocycles. The summed E-state index contributed by atoms with van der Waals surface area (Å²) in [6.07, 6.45) is 3.07. The molecule has 2 nitrogen and oxygen atoms in total. The first-order valence-corrected chi connectivity index (χ1v) is 6.03. The second-order valence-electron chi connectivity index (χ2n) is 3.88. The number of carbonyl (C=O) groups is 1. The van der Waals surface area contributed by atoms with Crippen molar-refractivity contribution in [2.75, 3.05) is 0 Å². The Morgan fingerprint density at radius 3 is 2.58 bits per heavy atom. The number of ketones is 1. The summed E-state index contributed by atoms with van der Waals surface area (Å²) < 4.78 is 0. The van der Waals surface area contributed by atoms with E-state index in [0.29, 0.717) is 21.8 Å². The zero-order chi connectivity index (χ0) is 13.7. The number of benzene rings is 2. The molecule has 0 spiro atoms. The molecule has 0 radical (unpaired) electrons. The maximum Gasteiger partial charge on any atom is 0.194 e. The van der Waals surface area contributed by atoms with E-state index in [0.717, 1.165) is 0 Å². The van der Waals surface area contributed by atoms with Crippen molar-refractivity contribution in [1.29, 1.82) is 0 Å². The molecule has 0 aromatic heterocycles. The first-order valence-electron chi connectivity index (χ1n) is 5.65. The predicted octanol–water partition coefficient (Wildman–Crippen LogP) is 4.79. The van der Waals surface area contributed by atoms with Crippen LogP contribution in [0.4, 0.5) is 5.69 Å². The highest BCUT2D eigenvalue weighted by molar-refractivity contribution is 6.30. The summed E-state index contributed by atoms with van der Waals surface area (Å²) in [4.78, 5) is 15.3. The van der Waals surface area contributed by atoms with Gasteiger partial charge in [0.2, 0.25) is 0 Å². The van der Waals surface area contributed by atoms with Gasteiger partial charge in [-0.05, 0) is 17.7 Å². The molecule has 19 heavy (non-hydrogen) atoms. The van der Waals surface area contributed by atoms with Gasteiger partial charge in [0, 0.05) is 10.6 Å². The Morgan fingerprint density at radius 2 is 1.89 bits per heavy atom. The molecule has 92 valence electrons. The standard InChI is InChI=1S/C16H10ClNO/c1-18-15-9-8-14(17)11-13(15)7-10-16(19)12-5-3-2-4-6-12/h2-11H/b10-7+. The normalized spacial score (nSPS) is 10.3. The Balaban J connectivity index is 2.27. The van der Waals surface area contributed by atoms with Gasteiger partial charge in [-0.15, -0.1) is 0 Å². The summed E-state index contributed by atoms with van der Waals surface area (Å²) in [5.74, 6) is -0.100. The topological polar surface area (TPSA) is 21.4 Å². The largest absolute Gasteiger partial charge is 0.289 e. The molecule has 0 bridgehead atoms. The van der Waals surface area contributed by atoms with E-state index in [-0.39, 0.29) is 5.78 Å². The summed E-state index contributed by atoms with van der Waals surface area (Å²) in [5, 5.41) is 0.541. The molecule has 0 fully saturated rings. The van der Waals surface area contributed by atoms with Crippen molar-refractivity contribution in [2.45, 2.75) is 0 Å². The van der Waals surface area contributed by atoms with Crippen LogP contribution < -0.4 is 0 Å². The number of allylic oxidation sites excluding steroid dienone is 1. The van der Waals surface area contributed by atoms with Crippen LogP contribution in [0.3, 0.4) is 0 Å². The van der Waals surface area contributed by atoms with Crippen molar-refractivity contribution < 1.29 is 4.79 Å². The molecular weight excluding hydrogens is 258 g/mol.